The Balaban J connectivity index is 1.61. The molecule has 0 N–H and O–H groups in total. The molecule has 2 heterocycles. The van der Waals surface area contributed by atoms with Crippen molar-refractivity contribution in [1.82, 2.24) is 19.4 Å². The van der Waals surface area contributed by atoms with E-state index < -0.39 is 0 Å². The molecule has 0 radical (unpaired) electrons. The number of aromatic nitrogens is 2. The van der Waals surface area contributed by atoms with Crippen LogP contribution in [0.1, 0.15) is 51.4 Å². The van der Waals surface area contributed by atoms with Crippen molar-refractivity contribution in [3.8, 4) is 5.69 Å². The maximum absolute atomic E-state index is 13.5. The zero-order valence-electron chi connectivity index (χ0n) is 19.3. The summed E-state index contributed by atoms with van der Waals surface area (Å²) in [5.41, 5.74) is 1.45. The first-order valence-corrected chi connectivity index (χ1v) is 12.6. The summed E-state index contributed by atoms with van der Waals surface area (Å²) in [5, 5.41) is 0.610. The maximum atomic E-state index is 13.5. The van der Waals surface area contributed by atoms with Crippen molar-refractivity contribution >= 4 is 32.7 Å². The molecular formula is C26H31BrN4O2. The normalized spacial score (nSPS) is 15.7. The first kappa shape index (κ1) is 23.6. The van der Waals surface area contributed by atoms with Crippen LogP contribution in [0.2, 0.25) is 0 Å². The molecule has 1 amide bonds. The number of carbonyl (C=O) groups is 1. The first-order valence-electron chi connectivity index (χ1n) is 11.8. The fraction of sp³-hybridized carbons (Fsp3) is 0.423. The Bertz CT molecular complexity index is 1170. The van der Waals surface area contributed by atoms with Crippen LogP contribution in [0.5, 0.6) is 0 Å². The van der Waals surface area contributed by atoms with E-state index in [1.54, 1.807) is 4.57 Å². The number of amides is 1. The number of fused-ring (bicyclic) bond motifs is 1. The second kappa shape index (κ2) is 10.6. The van der Waals surface area contributed by atoms with E-state index in [-0.39, 0.29) is 17.5 Å². The zero-order chi connectivity index (χ0) is 23.4. The van der Waals surface area contributed by atoms with Crippen LogP contribution in [0.3, 0.4) is 0 Å². The minimum absolute atomic E-state index is 0.0606. The lowest BCUT2D eigenvalue weighted by molar-refractivity contribution is -0.133. The van der Waals surface area contributed by atoms with Crippen molar-refractivity contribution < 1.29 is 4.79 Å². The predicted octanol–water partition coefficient (Wildman–Crippen LogP) is 4.93. The van der Waals surface area contributed by atoms with Gasteiger partial charge in [0.25, 0.3) is 5.56 Å². The number of unbranched alkanes of at least 4 members (excludes halogenated alkanes) is 2. The Morgan fingerprint density at radius 2 is 1.73 bits per heavy atom. The van der Waals surface area contributed by atoms with Gasteiger partial charge in [-0.2, -0.15) is 0 Å². The summed E-state index contributed by atoms with van der Waals surface area (Å²) in [6, 6.07) is 15.2. The number of rotatable bonds is 7. The molecule has 1 aliphatic heterocycles. The monoisotopic (exact) mass is 510 g/mol. The minimum Gasteiger partial charge on any atom is -0.340 e. The molecule has 174 valence electrons. The zero-order valence-corrected chi connectivity index (χ0v) is 20.9. The van der Waals surface area contributed by atoms with Crippen LogP contribution in [0, 0.1) is 0 Å². The molecular weight excluding hydrogens is 480 g/mol. The smallest absolute Gasteiger partial charge is 0.266 e. The SMILES string of the molecule is CCCCCC(=O)N1CCN(C(C)c2nc3ccccc3c(=O)n2-c2ccc(Br)cc2)CC1. The summed E-state index contributed by atoms with van der Waals surface area (Å²) in [6.07, 6.45) is 3.83. The van der Waals surface area contributed by atoms with Crippen molar-refractivity contribution in [3.05, 3.63) is 69.2 Å². The summed E-state index contributed by atoms with van der Waals surface area (Å²) in [5.74, 6) is 0.982. The molecule has 1 unspecified atom stereocenters. The van der Waals surface area contributed by atoms with E-state index in [1.807, 2.05) is 53.4 Å². The van der Waals surface area contributed by atoms with Crippen LogP contribution in [-0.2, 0) is 4.79 Å². The number of carbonyl (C=O) groups excluding carboxylic acids is 1. The van der Waals surface area contributed by atoms with Crippen LogP contribution in [0.15, 0.2) is 57.8 Å². The summed E-state index contributed by atoms with van der Waals surface area (Å²) in [4.78, 5) is 35.3. The van der Waals surface area contributed by atoms with Gasteiger partial charge in [0.2, 0.25) is 5.91 Å². The van der Waals surface area contributed by atoms with Crippen LogP contribution in [0.25, 0.3) is 16.6 Å². The summed E-state index contributed by atoms with van der Waals surface area (Å²) in [7, 11) is 0. The Morgan fingerprint density at radius 3 is 2.42 bits per heavy atom. The van der Waals surface area contributed by atoms with Crippen molar-refractivity contribution in [1.29, 1.82) is 0 Å². The Labute approximate surface area is 203 Å². The van der Waals surface area contributed by atoms with Gasteiger partial charge in [-0.3, -0.25) is 19.1 Å². The van der Waals surface area contributed by atoms with Gasteiger partial charge in [0.05, 0.1) is 22.6 Å². The molecule has 1 saturated heterocycles. The van der Waals surface area contributed by atoms with Crippen molar-refractivity contribution in [2.24, 2.45) is 0 Å². The van der Waals surface area contributed by atoms with Crippen LogP contribution in [-0.4, -0.2) is 51.4 Å². The number of benzene rings is 2. The van der Waals surface area contributed by atoms with Gasteiger partial charge in [-0.25, -0.2) is 4.98 Å². The molecule has 1 aromatic heterocycles. The van der Waals surface area contributed by atoms with Gasteiger partial charge in [-0.15, -0.1) is 0 Å². The second-order valence-electron chi connectivity index (χ2n) is 8.65. The molecule has 7 heteroatoms. The third-order valence-corrected chi connectivity index (χ3v) is 7.00. The van der Waals surface area contributed by atoms with Crippen LogP contribution >= 0.6 is 15.9 Å². The molecule has 6 nitrogen and oxygen atoms in total. The second-order valence-corrected chi connectivity index (χ2v) is 9.57. The number of halogens is 1. The van der Waals surface area contributed by atoms with Gasteiger partial charge in [-0.1, -0.05) is 47.8 Å². The highest BCUT2D eigenvalue weighted by atomic mass is 79.9. The molecule has 0 aliphatic carbocycles. The van der Waals surface area contributed by atoms with Crippen molar-refractivity contribution in [3.63, 3.8) is 0 Å². The van der Waals surface area contributed by atoms with E-state index in [1.165, 1.54) is 0 Å². The lowest BCUT2D eigenvalue weighted by atomic mass is 10.1. The van der Waals surface area contributed by atoms with Gasteiger partial charge in [0.1, 0.15) is 5.82 Å². The highest BCUT2D eigenvalue weighted by Gasteiger charge is 2.28. The number of para-hydroxylation sites is 1. The van der Waals surface area contributed by atoms with Crippen LogP contribution in [0.4, 0.5) is 0 Å². The largest absolute Gasteiger partial charge is 0.340 e. The van der Waals surface area contributed by atoms with E-state index >= 15 is 0 Å². The molecule has 33 heavy (non-hydrogen) atoms. The Hall–Kier alpha value is -2.51. The first-order chi connectivity index (χ1) is 16.0. The van der Waals surface area contributed by atoms with Crippen LogP contribution < -0.4 is 5.56 Å². The lowest BCUT2D eigenvalue weighted by Gasteiger charge is -2.38. The maximum Gasteiger partial charge on any atom is 0.266 e. The molecule has 3 aromatic rings. The molecule has 1 aliphatic rings. The third kappa shape index (κ3) is 5.20. The highest BCUT2D eigenvalue weighted by Crippen LogP contribution is 2.24. The minimum atomic E-state index is -0.0664. The molecule has 4 rings (SSSR count). The fourth-order valence-electron chi connectivity index (χ4n) is 4.48. The quantitative estimate of drug-likeness (QED) is 0.422. The number of piperazine rings is 1. The average Bonchev–Trinajstić information content (AvgIpc) is 2.84. The van der Waals surface area contributed by atoms with Gasteiger partial charge < -0.3 is 4.90 Å². The van der Waals surface area contributed by atoms with Crippen molar-refractivity contribution in [2.75, 3.05) is 26.2 Å². The molecule has 0 bridgehead atoms. The van der Waals surface area contributed by atoms with Gasteiger partial charge in [-0.05, 0) is 49.7 Å². The molecule has 1 fully saturated rings. The predicted molar refractivity (Wildman–Crippen MR) is 136 cm³/mol. The molecule has 1 atom stereocenters. The van der Waals surface area contributed by atoms with Crippen molar-refractivity contribution in [2.45, 2.75) is 45.6 Å². The van der Waals surface area contributed by atoms with Gasteiger partial charge in [0.15, 0.2) is 0 Å². The van der Waals surface area contributed by atoms with E-state index in [2.05, 4.69) is 34.7 Å². The summed E-state index contributed by atoms with van der Waals surface area (Å²) < 4.78 is 2.70. The topological polar surface area (TPSA) is 58.4 Å². The molecule has 0 saturated carbocycles. The van der Waals surface area contributed by atoms with E-state index in [0.717, 1.165) is 48.3 Å². The number of hydrogen-bond donors (Lipinski definition) is 0. The summed E-state index contributed by atoms with van der Waals surface area (Å²) in [6.45, 7) is 7.22. The number of nitrogens with zero attached hydrogens (tertiary/aromatic N) is 4. The van der Waals surface area contributed by atoms with E-state index in [4.69, 9.17) is 4.98 Å². The summed E-state index contributed by atoms with van der Waals surface area (Å²) >= 11 is 3.48. The Kier molecular flexibility index (Phi) is 7.60. The van der Waals surface area contributed by atoms with Gasteiger partial charge in [0, 0.05) is 37.1 Å². The molecule has 0 spiro atoms. The fourth-order valence-corrected chi connectivity index (χ4v) is 4.74. The van der Waals surface area contributed by atoms with Gasteiger partial charge >= 0.3 is 0 Å². The number of hydrogen-bond acceptors (Lipinski definition) is 4. The third-order valence-electron chi connectivity index (χ3n) is 6.47. The lowest BCUT2D eigenvalue weighted by Crippen LogP contribution is -2.49. The Morgan fingerprint density at radius 1 is 1.03 bits per heavy atom. The average molecular weight is 511 g/mol. The van der Waals surface area contributed by atoms with E-state index in [0.29, 0.717) is 30.4 Å². The highest BCUT2D eigenvalue weighted by molar-refractivity contribution is 9.10. The molecule has 2 aromatic carbocycles. The van der Waals surface area contributed by atoms with E-state index in [9.17, 15) is 9.59 Å². The standard InChI is InChI=1S/C26H31BrN4O2/c1-3-4-5-10-24(32)30-17-15-29(16-18-30)19(2)25-28-23-9-7-6-8-22(23)26(33)31(25)21-13-11-20(27)12-14-21/h6-9,11-14,19H,3-5,10,15-18H2,1-2H3.